The first kappa shape index (κ1) is 24.5. The third kappa shape index (κ3) is 6.80. The molecule has 0 saturated heterocycles. The molecule has 0 radical (unpaired) electrons. The van der Waals surface area contributed by atoms with Crippen LogP contribution in [0.3, 0.4) is 0 Å². The maximum atomic E-state index is 11.1. The molecule has 156 valence electrons. The Morgan fingerprint density at radius 2 is 1.83 bits per heavy atom. The predicted octanol–water partition coefficient (Wildman–Crippen LogP) is 4.53. The van der Waals surface area contributed by atoms with E-state index in [1.807, 2.05) is 68.3 Å². The molecule has 1 rings (SSSR count). The number of allylic oxidation sites excluding steroid dienone is 3. The largest absolute Gasteiger partial charge is 0.398 e. The Balaban J connectivity index is 3.80. The Labute approximate surface area is 183 Å². The first-order valence-corrected chi connectivity index (χ1v) is 9.66. The smallest absolute Gasteiger partial charge is 0.161 e. The van der Waals surface area contributed by atoms with Gasteiger partial charge in [0, 0.05) is 56.4 Å². The molecule has 0 aromatic heterocycles. The summed E-state index contributed by atoms with van der Waals surface area (Å²) in [5.41, 5.74) is 10.1. The van der Waals surface area contributed by atoms with Crippen LogP contribution in [0.25, 0.3) is 0 Å². The summed E-state index contributed by atoms with van der Waals surface area (Å²) in [6.45, 7) is 5.72. The van der Waals surface area contributed by atoms with Gasteiger partial charge in [0.25, 0.3) is 0 Å². The van der Waals surface area contributed by atoms with Crippen molar-refractivity contribution in [3.05, 3.63) is 81.8 Å². The zero-order valence-corrected chi connectivity index (χ0v) is 19.0. The van der Waals surface area contributed by atoms with Gasteiger partial charge in [-0.3, -0.25) is 9.79 Å². The van der Waals surface area contributed by atoms with E-state index in [1.54, 1.807) is 19.2 Å². The molecular formula is C22H28Cl2N4O. The van der Waals surface area contributed by atoms with E-state index in [1.165, 1.54) is 0 Å². The first-order chi connectivity index (χ1) is 13.7. The normalized spacial score (nSPS) is 14.8. The van der Waals surface area contributed by atoms with Gasteiger partial charge in [-0.2, -0.15) is 0 Å². The van der Waals surface area contributed by atoms with Crippen LogP contribution in [0.1, 0.15) is 18.5 Å². The molecule has 5 nitrogen and oxygen atoms in total. The molecule has 0 saturated carbocycles. The second-order valence-electron chi connectivity index (χ2n) is 6.61. The van der Waals surface area contributed by atoms with Crippen LogP contribution >= 0.6 is 23.2 Å². The Kier molecular flexibility index (Phi) is 9.72. The quantitative estimate of drug-likeness (QED) is 0.268. The molecule has 0 heterocycles. The highest BCUT2D eigenvalue weighted by Crippen LogP contribution is 2.34. The molecule has 0 aliphatic heterocycles. The van der Waals surface area contributed by atoms with Gasteiger partial charge in [-0.1, -0.05) is 41.9 Å². The Bertz CT molecular complexity index is 852. The molecule has 0 aliphatic rings. The number of carbonyl (C=O) groups is 1. The lowest BCUT2D eigenvalue weighted by Gasteiger charge is -2.34. The molecule has 1 aromatic carbocycles. The van der Waals surface area contributed by atoms with Crippen molar-refractivity contribution in [3.8, 4) is 0 Å². The predicted molar refractivity (Wildman–Crippen MR) is 124 cm³/mol. The number of nitrogens with two attached hydrogens (primary N) is 1. The van der Waals surface area contributed by atoms with E-state index in [9.17, 15) is 4.79 Å². The van der Waals surface area contributed by atoms with Crippen molar-refractivity contribution < 1.29 is 4.79 Å². The maximum absolute atomic E-state index is 11.1. The van der Waals surface area contributed by atoms with Crippen LogP contribution in [-0.4, -0.2) is 50.0 Å². The summed E-state index contributed by atoms with van der Waals surface area (Å²) in [7, 11) is 7.40. The van der Waals surface area contributed by atoms with E-state index in [4.69, 9.17) is 28.9 Å². The number of aliphatic imine (C=N–C) groups is 1. The van der Waals surface area contributed by atoms with Crippen LogP contribution < -0.4 is 5.73 Å². The second-order valence-corrected chi connectivity index (χ2v) is 7.48. The molecule has 29 heavy (non-hydrogen) atoms. The Morgan fingerprint density at radius 3 is 2.28 bits per heavy atom. The minimum atomic E-state index is -0.326. The van der Waals surface area contributed by atoms with E-state index in [0.717, 1.165) is 16.8 Å². The van der Waals surface area contributed by atoms with Gasteiger partial charge >= 0.3 is 0 Å². The number of hydrogen-bond acceptors (Lipinski definition) is 5. The Morgan fingerprint density at radius 1 is 1.24 bits per heavy atom. The van der Waals surface area contributed by atoms with E-state index in [0.29, 0.717) is 22.7 Å². The third-order valence-corrected chi connectivity index (χ3v) is 4.75. The zero-order valence-electron chi connectivity index (χ0n) is 17.5. The summed E-state index contributed by atoms with van der Waals surface area (Å²) >= 11 is 12.1. The molecule has 1 unspecified atom stereocenters. The number of rotatable bonds is 9. The minimum Gasteiger partial charge on any atom is -0.398 e. The summed E-state index contributed by atoms with van der Waals surface area (Å²) in [6, 6.07) is 7.18. The maximum Gasteiger partial charge on any atom is 0.161 e. The molecule has 0 fully saturated rings. The van der Waals surface area contributed by atoms with Gasteiger partial charge in [-0.05, 0) is 36.8 Å². The van der Waals surface area contributed by atoms with E-state index >= 15 is 0 Å². The van der Waals surface area contributed by atoms with Crippen molar-refractivity contribution in [3.63, 3.8) is 0 Å². The highest BCUT2D eigenvalue weighted by Gasteiger charge is 2.26. The fourth-order valence-electron chi connectivity index (χ4n) is 2.84. The van der Waals surface area contributed by atoms with Gasteiger partial charge < -0.3 is 15.5 Å². The summed E-state index contributed by atoms with van der Waals surface area (Å²) < 4.78 is 0. The molecular weight excluding hydrogens is 407 g/mol. The van der Waals surface area contributed by atoms with Crippen molar-refractivity contribution in [1.29, 1.82) is 0 Å². The van der Waals surface area contributed by atoms with Crippen molar-refractivity contribution in [2.75, 3.05) is 28.2 Å². The lowest BCUT2D eigenvalue weighted by molar-refractivity contribution is -0.104. The molecule has 7 heteroatoms. The van der Waals surface area contributed by atoms with Gasteiger partial charge in [0.1, 0.15) is 0 Å². The summed E-state index contributed by atoms with van der Waals surface area (Å²) in [4.78, 5) is 19.3. The van der Waals surface area contributed by atoms with Gasteiger partial charge in [0.15, 0.2) is 6.29 Å². The fraction of sp³-hybridized carbons (Fsp3) is 0.273. The number of nitrogens with zero attached hydrogens (tertiary/aromatic N) is 3. The van der Waals surface area contributed by atoms with Crippen molar-refractivity contribution in [2.24, 2.45) is 10.7 Å². The average molecular weight is 435 g/mol. The van der Waals surface area contributed by atoms with Crippen molar-refractivity contribution in [2.45, 2.75) is 13.0 Å². The monoisotopic (exact) mass is 434 g/mol. The van der Waals surface area contributed by atoms with Crippen LogP contribution in [0.15, 0.2) is 76.2 Å². The first-order valence-electron chi connectivity index (χ1n) is 8.91. The number of hydrogen-bond donors (Lipinski definition) is 1. The van der Waals surface area contributed by atoms with Gasteiger partial charge in [0.2, 0.25) is 0 Å². The zero-order chi connectivity index (χ0) is 22.1. The highest BCUT2D eigenvalue weighted by molar-refractivity contribution is 6.38. The average Bonchev–Trinajstić information content (AvgIpc) is 2.70. The number of halogens is 2. The minimum absolute atomic E-state index is 0.0860. The van der Waals surface area contributed by atoms with Crippen LogP contribution in [0.2, 0.25) is 5.02 Å². The third-order valence-electron chi connectivity index (χ3n) is 4.30. The van der Waals surface area contributed by atoms with Gasteiger partial charge in [0.05, 0.1) is 16.8 Å². The number of aldehydes is 1. The van der Waals surface area contributed by atoms with Crippen molar-refractivity contribution >= 4 is 35.2 Å². The fourth-order valence-corrected chi connectivity index (χ4v) is 3.08. The van der Waals surface area contributed by atoms with Gasteiger partial charge in [-0.25, -0.2) is 0 Å². The topological polar surface area (TPSA) is 61.9 Å². The lowest BCUT2D eigenvalue weighted by Crippen LogP contribution is -2.30. The molecule has 2 N–H and O–H groups in total. The second kappa shape index (κ2) is 11.5. The Hall–Kier alpha value is -2.50. The highest BCUT2D eigenvalue weighted by atomic mass is 35.5. The summed E-state index contributed by atoms with van der Waals surface area (Å²) in [5, 5.41) is 0.717. The molecule has 0 aliphatic carbocycles. The lowest BCUT2D eigenvalue weighted by atomic mass is 9.92. The summed E-state index contributed by atoms with van der Waals surface area (Å²) in [5.74, 6) is 0. The molecule has 1 aromatic rings. The van der Waals surface area contributed by atoms with Crippen LogP contribution in [0.5, 0.6) is 0 Å². The number of likely N-dealkylation sites (N-methyl/N-ethyl adjacent to an activating group) is 1. The van der Waals surface area contributed by atoms with E-state index in [-0.39, 0.29) is 11.1 Å². The van der Waals surface area contributed by atoms with Crippen molar-refractivity contribution in [1.82, 2.24) is 9.80 Å². The van der Waals surface area contributed by atoms with Crippen LogP contribution in [0, 0.1) is 0 Å². The number of benzene rings is 1. The van der Waals surface area contributed by atoms with Gasteiger partial charge in [-0.15, -0.1) is 0 Å². The van der Waals surface area contributed by atoms with Crippen LogP contribution in [0.4, 0.5) is 0 Å². The standard InChI is InChI=1S/C22H28Cl2N4O/c1-7-20(25)21(15(2)26-3)22(16-8-10-17(23)11-9-16)28(6)19(13-27(4)5)12-18(24)14-29/h7-14,22H,1,25H2,2-6H3/b18-12+,19-13+,21-20?,26-15?. The molecule has 0 amide bonds. The van der Waals surface area contributed by atoms with Crippen LogP contribution in [-0.2, 0) is 4.79 Å². The van der Waals surface area contributed by atoms with E-state index < -0.39 is 0 Å². The number of carbonyl (C=O) groups excluding carboxylic acids is 1. The molecule has 0 bridgehead atoms. The SMILES string of the molecule is C=CC(N)=C(C(C)=NC)C(c1ccc(Cl)cc1)N(C)C(/C=C(/Cl)C=O)=C/N(C)C. The summed E-state index contributed by atoms with van der Waals surface area (Å²) in [6.07, 6.45) is 5.68. The van der Waals surface area contributed by atoms with E-state index in [2.05, 4.69) is 11.6 Å². The molecule has 0 spiro atoms. The molecule has 1 atom stereocenters.